The second-order valence-corrected chi connectivity index (χ2v) is 6.98. The van der Waals surface area contributed by atoms with E-state index in [2.05, 4.69) is 0 Å². The van der Waals surface area contributed by atoms with Crippen LogP contribution >= 0.6 is 0 Å². The quantitative estimate of drug-likeness (QED) is 0.770. The van der Waals surface area contributed by atoms with E-state index >= 15 is 0 Å². The van der Waals surface area contributed by atoms with Gasteiger partial charge < -0.3 is 10.5 Å². The molecule has 0 aromatic carbocycles. The van der Waals surface area contributed by atoms with E-state index in [0.717, 1.165) is 25.7 Å². The van der Waals surface area contributed by atoms with Crippen LogP contribution in [-0.4, -0.2) is 62.5 Å². The van der Waals surface area contributed by atoms with Crippen molar-refractivity contribution in [2.45, 2.75) is 37.8 Å². The van der Waals surface area contributed by atoms with E-state index in [1.807, 2.05) is 0 Å². The van der Waals surface area contributed by atoms with Crippen molar-refractivity contribution in [2.75, 3.05) is 33.4 Å². The molecule has 0 radical (unpaired) electrons. The van der Waals surface area contributed by atoms with Crippen LogP contribution in [-0.2, 0) is 14.9 Å². The van der Waals surface area contributed by atoms with Crippen molar-refractivity contribution in [3.63, 3.8) is 0 Å². The SMILES string of the molecule is CN(C1CCOC1)S(=O)(=O)N1CCCCC1CN. The zero-order valence-electron chi connectivity index (χ0n) is 10.9. The fraction of sp³-hybridized carbons (Fsp3) is 1.00. The highest BCUT2D eigenvalue weighted by Gasteiger charge is 2.38. The molecule has 0 aromatic rings. The maximum absolute atomic E-state index is 12.6. The third kappa shape index (κ3) is 2.70. The van der Waals surface area contributed by atoms with Gasteiger partial charge in [-0.1, -0.05) is 6.42 Å². The van der Waals surface area contributed by atoms with Crippen molar-refractivity contribution in [3.8, 4) is 0 Å². The first-order chi connectivity index (χ1) is 8.57. The average Bonchev–Trinajstić information content (AvgIpc) is 2.91. The fourth-order valence-electron chi connectivity index (χ4n) is 2.68. The first kappa shape index (κ1) is 14.2. The summed E-state index contributed by atoms with van der Waals surface area (Å²) in [6.07, 6.45) is 3.62. The van der Waals surface area contributed by atoms with Crippen LogP contribution in [0.2, 0.25) is 0 Å². The minimum absolute atomic E-state index is 0.0321. The highest BCUT2D eigenvalue weighted by Crippen LogP contribution is 2.24. The van der Waals surface area contributed by atoms with Crippen molar-refractivity contribution in [1.29, 1.82) is 0 Å². The molecule has 0 aromatic heterocycles. The van der Waals surface area contributed by atoms with Crippen LogP contribution in [0.4, 0.5) is 0 Å². The van der Waals surface area contributed by atoms with Crippen molar-refractivity contribution in [3.05, 3.63) is 0 Å². The minimum Gasteiger partial charge on any atom is -0.380 e. The lowest BCUT2D eigenvalue weighted by Crippen LogP contribution is -2.54. The van der Waals surface area contributed by atoms with Crippen LogP contribution in [0, 0.1) is 0 Å². The van der Waals surface area contributed by atoms with E-state index < -0.39 is 10.2 Å². The summed E-state index contributed by atoms with van der Waals surface area (Å²) in [4.78, 5) is 0. The molecule has 0 bridgehead atoms. The zero-order chi connectivity index (χ0) is 13.2. The average molecular weight is 277 g/mol. The van der Waals surface area contributed by atoms with E-state index in [0.29, 0.717) is 26.3 Å². The van der Waals surface area contributed by atoms with Crippen molar-refractivity contribution in [2.24, 2.45) is 5.73 Å². The number of ether oxygens (including phenoxy) is 1. The molecule has 0 spiro atoms. The lowest BCUT2D eigenvalue weighted by molar-refractivity contribution is 0.175. The molecule has 0 aliphatic carbocycles. The number of nitrogens with zero attached hydrogens (tertiary/aromatic N) is 2. The number of piperidine rings is 1. The lowest BCUT2D eigenvalue weighted by atomic mass is 10.1. The highest BCUT2D eigenvalue weighted by molar-refractivity contribution is 7.86. The Bertz CT molecular complexity index is 368. The van der Waals surface area contributed by atoms with Gasteiger partial charge in [0.25, 0.3) is 10.2 Å². The van der Waals surface area contributed by atoms with Gasteiger partial charge in [0.2, 0.25) is 0 Å². The molecular formula is C11H23N3O3S. The van der Waals surface area contributed by atoms with Gasteiger partial charge in [0, 0.05) is 32.8 Å². The monoisotopic (exact) mass is 277 g/mol. The predicted octanol–water partition coefficient (Wildman–Crippen LogP) is -0.235. The third-order valence-electron chi connectivity index (χ3n) is 3.93. The molecule has 2 N–H and O–H groups in total. The third-order valence-corrected chi connectivity index (χ3v) is 6.02. The molecule has 2 heterocycles. The largest absolute Gasteiger partial charge is 0.380 e. The molecule has 106 valence electrons. The van der Waals surface area contributed by atoms with Crippen molar-refractivity contribution < 1.29 is 13.2 Å². The molecule has 0 saturated carbocycles. The number of rotatable bonds is 4. The highest BCUT2D eigenvalue weighted by atomic mass is 32.2. The molecule has 2 rings (SSSR count). The molecule has 7 heteroatoms. The summed E-state index contributed by atoms with van der Waals surface area (Å²) in [6.45, 7) is 2.12. The Labute approximate surface area is 109 Å². The summed E-state index contributed by atoms with van der Waals surface area (Å²) >= 11 is 0. The Morgan fingerprint density at radius 3 is 2.78 bits per heavy atom. The van der Waals surface area contributed by atoms with Gasteiger partial charge in [0.05, 0.1) is 12.6 Å². The summed E-state index contributed by atoms with van der Waals surface area (Å²) in [5.74, 6) is 0. The predicted molar refractivity (Wildman–Crippen MR) is 69.3 cm³/mol. The van der Waals surface area contributed by atoms with E-state index in [1.165, 1.54) is 4.31 Å². The Kier molecular flexibility index (Phi) is 4.60. The maximum atomic E-state index is 12.6. The van der Waals surface area contributed by atoms with Gasteiger partial charge in [-0.2, -0.15) is 17.0 Å². The molecule has 2 fully saturated rings. The fourth-order valence-corrected chi connectivity index (χ4v) is 4.48. The smallest absolute Gasteiger partial charge is 0.282 e. The second-order valence-electron chi connectivity index (χ2n) is 5.04. The van der Waals surface area contributed by atoms with Gasteiger partial charge in [-0.25, -0.2) is 0 Å². The van der Waals surface area contributed by atoms with Crippen LogP contribution in [0.1, 0.15) is 25.7 Å². The maximum Gasteiger partial charge on any atom is 0.282 e. The molecular weight excluding hydrogens is 254 g/mol. The van der Waals surface area contributed by atoms with Gasteiger partial charge in [0.1, 0.15) is 0 Å². The summed E-state index contributed by atoms with van der Waals surface area (Å²) in [7, 11) is -1.75. The Morgan fingerprint density at radius 2 is 2.17 bits per heavy atom. The van der Waals surface area contributed by atoms with Gasteiger partial charge in [-0.3, -0.25) is 0 Å². The molecule has 2 unspecified atom stereocenters. The van der Waals surface area contributed by atoms with Gasteiger partial charge >= 0.3 is 0 Å². The zero-order valence-corrected chi connectivity index (χ0v) is 11.7. The van der Waals surface area contributed by atoms with E-state index in [-0.39, 0.29) is 12.1 Å². The van der Waals surface area contributed by atoms with Crippen LogP contribution in [0.3, 0.4) is 0 Å². The lowest BCUT2D eigenvalue weighted by Gasteiger charge is -2.37. The molecule has 6 nitrogen and oxygen atoms in total. The van der Waals surface area contributed by atoms with Crippen LogP contribution in [0.15, 0.2) is 0 Å². The Hall–Kier alpha value is -0.210. The molecule has 2 atom stereocenters. The molecule has 2 saturated heterocycles. The summed E-state index contributed by atoms with van der Waals surface area (Å²) in [5.41, 5.74) is 5.69. The molecule has 2 aliphatic heterocycles. The first-order valence-corrected chi connectivity index (χ1v) is 7.99. The second kappa shape index (κ2) is 5.83. The van der Waals surface area contributed by atoms with Crippen molar-refractivity contribution in [1.82, 2.24) is 8.61 Å². The standard InChI is InChI=1S/C11H23N3O3S/c1-13(11-5-7-17-9-11)18(15,16)14-6-3-2-4-10(14)8-12/h10-11H,2-9,12H2,1H3. The molecule has 2 aliphatic rings. The van der Waals surface area contributed by atoms with Crippen LogP contribution in [0.25, 0.3) is 0 Å². The van der Waals surface area contributed by atoms with Crippen molar-refractivity contribution >= 4 is 10.2 Å². The number of likely N-dealkylation sites (N-methyl/N-ethyl adjacent to an activating group) is 1. The Balaban J connectivity index is 2.12. The summed E-state index contributed by atoms with van der Waals surface area (Å²) < 4.78 is 33.5. The van der Waals surface area contributed by atoms with Gasteiger partial charge in [-0.05, 0) is 19.3 Å². The minimum atomic E-state index is -3.40. The van der Waals surface area contributed by atoms with E-state index in [1.54, 1.807) is 11.4 Å². The number of nitrogens with two attached hydrogens (primary N) is 1. The molecule has 0 amide bonds. The first-order valence-electron chi connectivity index (χ1n) is 6.60. The number of hydrogen-bond acceptors (Lipinski definition) is 4. The van der Waals surface area contributed by atoms with E-state index in [4.69, 9.17) is 10.5 Å². The van der Waals surface area contributed by atoms with E-state index in [9.17, 15) is 8.42 Å². The van der Waals surface area contributed by atoms with Crippen LogP contribution < -0.4 is 5.73 Å². The molecule has 18 heavy (non-hydrogen) atoms. The van der Waals surface area contributed by atoms with Gasteiger partial charge in [0.15, 0.2) is 0 Å². The topological polar surface area (TPSA) is 75.9 Å². The number of hydrogen-bond donors (Lipinski definition) is 1. The van der Waals surface area contributed by atoms with Crippen LogP contribution in [0.5, 0.6) is 0 Å². The normalized spacial score (nSPS) is 31.1. The summed E-state index contributed by atoms with van der Waals surface area (Å²) in [6, 6.07) is -0.0797. The van der Waals surface area contributed by atoms with Gasteiger partial charge in [-0.15, -0.1) is 0 Å². The Morgan fingerprint density at radius 1 is 1.39 bits per heavy atom. The summed E-state index contributed by atoms with van der Waals surface area (Å²) in [5, 5.41) is 0.